The lowest BCUT2D eigenvalue weighted by Gasteiger charge is -2.39. The number of benzene rings is 1. The van der Waals surface area contributed by atoms with Crippen molar-refractivity contribution in [2.75, 3.05) is 54.0 Å². The summed E-state index contributed by atoms with van der Waals surface area (Å²) in [6.45, 7) is 10.1. The van der Waals surface area contributed by atoms with Gasteiger partial charge in [0.15, 0.2) is 11.6 Å². The lowest BCUT2D eigenvalue weighted by Crippen LogP contribution is -2.48. The molecule has 2 saturated heterocycles. The topological polar surface area (TPSA) is 61.3 Å². The molecule has 2 aromatic heterocycles. The average Bonchev–Trinajstić information content (AvgIpc) is 2.79. The van der Waals surface area contributed by atoms with Crippen LogP contribution in [0, 0.1) is 12.8 Å². The molecule has 4 heterocycles. The Hall–Kier alpha value is -2.96. The molecule has 2 fully saturated rings. The highest BCUT2D eigenvalue weighted by molar-refractivity contribution is 5.81. The van der Waals surface area contributed by atoms with Gasteiger partial charge in [-0.3, -0.25) is 0 Å². The SMILES string of the molecule is Cc1nccc(N2CCN(c3nc4ccccc4nc3N3CCC(C)CC3)CC2)n1. The van der Waals surface area contributed by atoms with E-state index >= 15 is 0 Å². The minimum atomic E-state index is 0.790. The summed E-state index contributed by atoms with van der Waals surface area (Å²) < 4.78 is 0. The summed E-state index contributed by atoms with van der Waals surface area (Å²) in [5.74, 6) is 4.70. The number of piperidine rings is 1. The number of piperazine rings is 1. The number of aromatic nitrogens is 4. The fraction of sp³-hybridized carbons (Fsp3) is 0.478. The Morgan fingerprint density at radius 3 is 1.90 bits per heavy atom. The molecule has 0 aliphatic carbocycles. The van der Waals surface area contributed by atoms with Gasteiger partial charge in [0.1, 0.15) is 11.6 Å². The maximum atomic E-state index is 5.08. The molecule has 0 bridgehead atoms. The van der Waals surface area contributed by atoms with Gasteiger partial charge >= 0.3 is 0 Å². The molecule has 1 aromatic carbocycles. The van der Waals surface area contributed by atoms with Crippen LogP contribution in [0.15, 0.2) is 36.5 Å². The van der Waals surface area contributed by atoms with Crippen molar-refractivity contribution in [1.82, 2.24) is 19.9 Å². The molecule has 0 radical (unpaired) electrons. The second-order valence-corrected chi connectivity index (χ2v) is 8.47. The highest BCUT2D eigenvalue weighted by atomic mass is 15.3. The monoisotopic (exact) mass is 403 g/mol. The number of aryl methyl sites for hydroxylation is 1. The summed E-state index contributed by atoms with van der Waals surface area (Å²) in [5.41, 5.74) is 1.94. The molecule has 0 N–H and O–H groups in total. The van der Waals surface area contributed by atoms with Crippen molar-refractivity contribution >= 4 is 28.5 Å². The standard InChI is InChI=1S/C23H29N7/c1-17-8-11-29(12-9-17)22-23(27-20-6-4-3-5-19(20)26-22)30-15-13-28(14-16-30)21-7-10-24-18(2)25-21/h3-7,10,17H,8-9,11-16H2,1-2H3. The van der Waals surface area contributed by atoms with E-state index in [-0.39, 0.29) is 0 Å². The van der Waals surface area contributed by atoms with Gasteiger partial charge in [-0.25, -0.2) is 19.9 Å². The van der Waals surface area contributed by atoms with Crippen molar-refractivity contribution in [3.05, 3.63) is 42.4 Å². The van der Waals surface area contributed by atoms with Crippen molar-refractivity contribution in [3.63, 3.8) is 0 Å². The van der Waals surface area contributed by atoms with Crippen LogP contribution in [0.25, 0.3) is 11.0 Å². The Balaban J connectivity index is 1.42. The van der Waals surface area contributed by atoms with E-state index < -0.39 is 0 Å². The number of rotatable bonds is 3. The molecular weight excluding hydrogens is 374 g/mol. The first-order chi connectivity index (χ1) is 14.7. The average molecular weight is 404 g/mol. The Bertz CT molecular complexity index is 1020. The zero-order chi connectivity index (χ0) is 20.5. The maximum absolute atomic E-state index is 5.08. The van der Waals surface area contributed by atoms with Crippen LogP contribution < -0.4 is 14.7 Å². The number of para-hydroxylation sites is 2. The Morgan fingerprint density at radius 2 is 1.30 bits per heavy atom. The minimum Gasteiger partial charge on any atom is -0.354 e. The van der Waals surface area contributed by atoms with Gasteiger partial charge in [-0.2, -0.15) is 0 Å². The quantitative estimate of drug-likeness (QED) is 0.665. The molecule has 0 saturated carbocycles. The largest absolute Gasteiger partial charge is 0.354 e. The van der Waals surface area contributed by atoms with Crippen LogP contribution >= 0.6 is 0 Å². The fourth-order valence-corrected chi connectivity index (χ4v) is 4.39. The van der Waals surface area contributed by atoms with Gasteiger partial charge in [0.05, 0.1) is 11.0 Å². The molecule has 0 unspecified atom stereocenters. The second kappa shape index (κ2) is 8.05. The molecule has 0 spiro atoms. The molecule has 0 amide bonds. The van der Waals surface area contributed by atoms with E-state index in [1.165, 1.54) is 12.8 Å². The molecule has 156 valence electrons. The van der Waals surface area contributed by atoms with Crippen LogP contribution in [0.2, 0.25) is 0 Å². The van der Waals surface area contributed by atoms with Gasteiger partial charge in [-0.15, -0.1) is 0 Å². The minimum absolute atomic E-state index is 0.790. The lowest BCUT2D eigenvalue weighted by atomic mass is 9.99. The van der Waals surface area contributed by atoms with Gasteiger partial charge in [-0.05, 0) is 43.9 Å². The summed E-state index contributed by atoms with van der Waals surface area (Å²) >= 11 is 0. The number of fused-ring (bicyclic) bond motifs is 1. The number of anilines is 3. The second-order valence-electron chi connectivity index (χ2n) is 8.47. The molecule has 2 aliphatic rings. The summed E-state index contributed by atoms with van der Waals surface area (Å²) in [5, 5.41) is 0. The normalized spacial score (nSPS) is 18.3. The molecule has 7 heteroatoms. The van der Waals surface area contributed by atoms with Gasteiger partial charge < -0.3 is 14.7 Å². The van der Waals surface area contributed by atoms with E-state index in [2.05, 4.69) is 43.7 Å². The zero-order valence-electron chi connectivity index (χ0n) is 17.8. The van der Waals surface area contributed by atoms with Crippen LogP contribution in [-0.4, -0.2) is 59.2 Å². The van der Waals surface area contributed by atoms with Crippen molar-refractivity contribution in [2.24, 2.45) is 5.92 Å². The van der Waals surface area contributed by atoms with E-state index in [1.807, 2.05) is 31.3 Å². The third-order valence-electron chi connectivity index (χ3n) is 6.28. The van der Waals surface area contributed by atoms with Crippen LogP contribution in [0.1, 0.15) is 25.6 Å². The van der Waals surface area contributed by atoms with Crippen LogP contribution in [-0.2, 0) is 0 Å². The molecule has 3 aromatic rings. The summed E-state index contributed by atoms with van der Waals surface area (Å²) in [7, 11) is 0. The number of nitrogens with zero attached hydrogens (tertiary/aromatic N) is 7. The highest BCUT2D eigenvalue weighted by Gasteiger charge is 2.26. The Labute approximate surface area is 177 Å². The molecule has 5 rings (SSSR count). The molecule has 30 heavy (non-hydrogen) atoms. The number of hydrogen-bond acceptors (Lipinski definition) is 7. The van der Waals surface area contributed by atoms with Crippen molar-refractivity contribution in [3.8, 4) is 0 Å². The van der Waals surface area contributed by atoms with Crippen LogP contribution in [0.5, 0.6) is 0 Å². The van der Waals surface area contributed by atoms with E-state index in [4.69, 9.17) is 9.97 Å². The van der Waals surface area contributed by atoms with Crippen molar-refractivity contribution < 1.29 is 0 Å². The molecule has 7 nitrogen and oxygen atoms in total. The van der Waals surface area contributed by atoms with E-state index in [1.54, 1.807) is 0 Å². The van der Waals surface area contributed by atoms with Gasteiger partial charge in [-0.1, -0.05) is 19.1 Å². The Morgan fingerprint density at radius 1 is 0.733 bits per heavy atom. The van der Waals surface area contributed by atoms with Gasteiger partial charge in [0.25, 0.3) is 0 Å². The van der Waals surface area contributed by atoms with Gasteiger partial charge in [0.2, 0.25) is 0 Å². The predicted octanol–water partition coefficient (Wildman–Crippen LogP) is 3.29. The third kappa shape index (κ3) is 3.76. The van der Waals surface area contributed by atoms with E-state index in [0.717, 1.165) is 79.5 Å². The van der Waals surface area contributed by atoms with E-state index in [0.29, 0.717) is 0 Å². The molecule has 0 atom stereocenters. The number of hydrogen-bond donors (Lipinski definition) is 0. The molecule has 2 aliphatic heterocycles. The Kier molecular flexibility index (Phi) is 5.11. The first-order valence-corrected chi connectivity index (χ1v) is 11.0. The van der Waals surface area contributed by atoms with Crippen LogP contribution in [0.3, 0.4) is 0 Å². The zero-order valence-corrected chi connectivity index (χ0v) is 17.8. The van der Waals surface area contributed by atoms with Crippen molar-refractivity contribution in [1.29, 1.82) is 0 Å². The third-order valence-corrected chi connectivity index (χ3v) is 6.28. The predicted molar refractivity (Wildman–Crippen MR) is 121 cm³/mol. The van der Waals surface area contributed by atoms with Crippen molar-refractivity contribution in [2.45, 2.75) is 26.7 Å². The maximum Gasteiger partial charge on any atom is 0.172 e. The summed E-state index contributed by atoms with van der Waals surface area (Å²) in [4.78, 5) is 26.1. The lowest BCUT2D eigenvalue weighted by molar-refractivity contribution is 0.436. The fourth-order valence-electron chi connectivity index (χ4n) is 4.39. The van der Waals surface area contributed by atoms with E-state index in [9.17, 15) is 0 Å². The van der Waals surface area contributed by atoms with Gasteiger partial charge in [0, 0.05) is 45.5 Å². The smallest absolute Gasteiger partial charge is 0.172 e. The van der Waals surface area contributed by atoms with Crippen LogP contribution in [0.4, 0.5) is 17.5 Å². The molecular formula is C23H29N7. The summed E-state index contributed by atoms with van der Waals surface area (Å²) in [6, 6.07) is 10.2. The highest BCUT2D eigenvalue weighted by Crippen LogP contribution is 2.32. The first kappa shape index (κ1) is 19.0. The first-order valence-electron chi connectivity index (χ1n) is 11.0. The summed E-state index contributed by atoms with van der Waals surface area (Å²) in [6.07, 6.45) is 4.28.